The molecule has 17 heavy (non-hydrogen) atoms. The Morgan fingerprint density at radius 2 is 2.00 bits per heavy atom. The number of hydrogen-bond acceptors (Lipinski definition) is 3. The molecule has 0 amide bonds. The Morgan fingerprint density at radius 3 is 2.53 bits per heavy atom. The second-order valence-corrected chi connectivity index (χ2v) is 4.38. The average Bonchev–Trinajstić information content (AvgIpc) is 3.01. The van der Waals surface area contributed by atoms with Gasteiger partial charge in [0.2, 0.25) is 6.79 Å². The van der Waals surface area contributed by atoms with Crippen LogP contribution in [0.15, 0.2) is 12.1 Å². The third kappa shape index (κ3) is 1.38. The number of aliphatic carboxylic acids is 1. The second kappa shape index (κ2) is 3.35. The van der Waals surface area contributed by atoms with Gasteiger partial charge in [-0.3, -0.25) is 4.79 Å². The highest BCUT2D eigenvalue weighted by molar-refractivity contribution is 5.86. The summed E-state index contributed by atoms with van der Waals surface area (Å²) in [5.74, 6) is 0.0957. The Balaban J connectivity index is 2.13. The van der Waals surface area contributed by atoms with Crippen LogP contribution in [0.2, 0.25) is 0 Å². The van der Waals surface area contributed by atoms with Crippen molar-refractivity contribution in [3.8, 4) is 11.5 Å². The van der Waals surface area contributed by atoms with Crippen LogP contribution in [0, 0.1) is 0 Å². The molecule has 1 aliphatic carbocycles. The number of benzene rings is 1. The van der Waals surface area contributed by atoms with Crippen LogP contribution in [-0.4, -0.2) is 17.9 Å². The predicted molar refractivity (Wildman–Crippen MR) is 55.9 cm³/mol. The first-order valence-electron chi connectivity index (χ1n) is 5.40. The van der Waals surface area contributed by atoms with E-state index in [0.29, 0.717) is 35.5 Å². The molecule has 1 heterocycles. The number of carbonyl (C=O) groups is 1. The van der Waals surface area contributed by atoms with Crippen molar-refractivity contribution in [2.45, 2.75) is 24.9 Å². The number of rotatable bonds is 3. The molecule has 1 aromatic carbocycles. The van der Waals surface area contributed by atoms with Crippen molar-refractivity contribution in [1.82, 2.24) is 0 Å². The molecule has 1 N–H and O–H groups in total. The normalized spacial score (nSPS) is 19.1. The number of fused-ring (bicyclic) bond motifs is 1. The van der Waals surface area contributed by atoms with Gasteiger partial charge in [-0.05, 0) is 36.1 Å². The van der Waals surface area contributed by atoms with Crippen molar-refractivity contribution in [2.75, 3.05) is 6.79 Å². The zero-order chi connectivity index (χ0) is 12.0. The minimum Gasteiger partial charge on any atom is -0.481 e. The Labute approximate surface area is 97.0 Å². The minimum absolute atomic E-state index is 0.102. The molecular weight excluding hydrogens is 227 g/mol. The highest BCUT2D eigenvalue weighted by Crippen LogP contribution is 2.52. The summed E-state index contributed by atoms with van der Waals surface area (Å²) in [5.41, 5.74) is -0.00604. The van der Waals surface area contributed by atoms with Crippen molar-refractivity contribution in [2.24, 2.45) is 0 Å². The summed E-state index contributed by atoms with van der Waals surface area (Å²) in [6.45, 7) is -0.592. The van der Waals surface area contributed by atoms with Crippen molar-refractivity contribution in [3.63, 3.8) is 0 Å². The summed E-state index contributed by atoms with van der Waals surface area (Å²) in [4.78, 5) is 11.3. The van der Waals surface area contributed by atoms with E-state index in [-0.39, 0.29) is 6.79 Å². The number of ether oxygens (including phenoxy) is 2. The molecule has 1 saturated carbocycles. The molecule has 0 bridgehead atoms. The fourth-order valence-electron chi connectivity index (χ4n) is 2.26. The lowest BCUT2D eigenvalue weighted by atomic mass is 9.91. The van der Waals surface area contributed by atoms with Gasteiger partial charge in [0.15, 0.2) is 11.5 Å². The lowest BCUT2D eigenvalue weighted by molar-refractivity contribution is -0.140. The van der Waals surface area contributed by atoms with E-state index in [4.69, 9.17) is 9.47 Å². The molecule has 0 spiro atoms. The van der Waals surface area contributed by atoms with Crippen LogP contribution >= 0.6 is 0 Å². The lowest BCUT2D eigenvalue weighted by Crippen LogP contribution is -2.21. The van der Waals surface area contributed by atoms with E-state index < -0.39 is 18.1 Å². The molecule has 90 valence electrons. The van der Waals surface area contributed by atoms with Crippen LogP contribution < -0.4 is 9.47 Å². The molecule has 1 aliphatic heterocycles. The van der Waals surface area contributed by atoms with E-state index in [9.17, 15) is 14.3 Å². The summed E-state index contributed by atoms with van der Waals surface area (Å²) in [6.07, 6.45) is 1.10. The van der Waals surface area contributed by atoms with Gasteiger partial charge in [-0.25, -0.2) is 4.39 Å². The van der Waals surface area contributed by atoms with E-state index in [1.165, 1.54) is 0 Å². The monoisotopic (exact) mass is 238 g/mol. The molecule has 0 atom stereocenters. The molecule has 0 aromatic heterocycles. The van der Waals surface area contributed by atoms with Crippen LogP contribution in [0.3, 0.4) is 0 Å². The van der Waals surface area contributed by atoms with Crippen LogP contribution in [0.25, 0.3) is 0 Å². The zero-order valence-corrected chi connectivity index (χ0v) is 9.03. The molecule has 4 nitrogen and oxygen atoms in total. The molecule has 5 heteroatoms. The average molecular weight is 238 g/mol. The first-order chi connectivity index (χ1) is 8.17. The van der Waals surface area contributed by atoms with E-state index in [1.54, 1.807) is 12.1 Å². The van der Waals surface area contributed by atoms with Gasteiger partial charge in [0.25, 0.3) is 0 Å². The Morgan fingerprint density at radius 1 is 1.35 bits per heavy atom. The van der Waals surface area contributed by atoms with E-state index in [2.05, 4.69) is 0 Å². The number of halogens is 1. The van der Waals surface area contributed by atoms with Crippen LogP contribution in [-0.2, 0) is 16.9 Å². The third-order valence-electron chi connectivity index (χ3n) is 3.42. The topological polar surface area (TPSA) is 55.8 Å². The molecule has 1 fully saturated rings. The van der Waals surface area contributed by atoms with Gasteiger partial charge in [0, 0.05) is 0 Å². The number of hydrogen-bond donors (Lipinski definition) is 1. The van der Waals surface area contributed by atoms with Gasteiger partial charge < -0.3 is 14.6 Å². The van der Waals surface area contributed by atoms with Crippen LogP contribution in [0.1, 0.15) is 24.0 Å². The van der Waals surface area contributed by atoms with Crippen LogP contribution in [0.5, 0.6) is 11.5 Å². The van der Waals surface area contributed by atoms with E-state index >= 15 is 0 Å². The highest BCUT2D eigenvalue weighted by atomic mass is 19.1. The van der Waals surface area contributed by atoms with Gasteiger partial charge >= 0.3 is 5.97 Å². The fourth-order valence-corrected chi connectivity index (χ4v) is 2.26. The summed E-state index contributed by atoms with van der Waals surface area (Å²) >= 11 is 0. The van der Waals surface area contributed by atoms with Crippen molar-refractivity contribution < 1.29 is 23.8 Å². The lowest BCUT2D eigenvalue weighted by Gasteiger charge is -2.14. The quantitative estimate of drug-likeness (QED) is 0.875. The maximum absolute atomic E-state index is 13.0. The first kappa shape index (κ1) is 10.4. The van der Waals surface area contributed by atoms with Crippen LogP contribution in [0.4, 0.5) is 4.39 Å². The minimum atomic E-state index is -0.914. The second-order valence-electron chi connectivity index (χ2n) is 4.38. The third-order valence-corrected chi connectivity index (χ3v) is 3.42. The van der Waals surface area contributed by atoms with Gasteiger partial charge in [-0.15, -0.1) is 0 Å². The molecule has 0 radical (unpaired) electrons. The summed E-state index contributed by atoms with van der Waals surface area (Å²) in [5, 5.41) is 9.23. The Bertz CT molecular complexity index is 494. The van der Waals surface area contributed by atoms with Gasteiger partial charge in [-0.1, -0.05) is 0 Å². The molecule has 0 unspecified atom stereocenters. The molecular formula is C12H11FO4. The molecule has 0 saturated heterocycles. The van der Waals surface area contributed by atoms with Crippen molar-refractivity contribution in [1.29, 1.82) is 0 Å². The summed E-state index contributed by atoms with van der Waals surface area (Å²) in [6, 6.07) is 3.15. The van der Waals surface area contributed by atoms with Gasteiger partial charge in [-0.2, -0.15) is 0 Å². The highest BCUT2D eigenvalue weighted by Gasteiger charge is 2.53. The van der Waals surface area contributed by atoms with E-state index in [1.807, 2.05) is 0 Å². The fraction of sp³-hybridized carbons (Fsp3) is 0.417. The maximum Gasteiger partial charge on any atom is 0.314 e. The molecule has 1 aromatic rings. The largest absolute Gasteiger partial charge is 0.481 e. The number of alkyl halides is 1. The van der Waals surface area contributed by atoms with E-state index in [0.717, 1.165) is 0 Å². The van der Waals surface area contributed by atoms with Crippen molar-refractivity contribution in [3.05, 3.63) is 23.3 Å². The SMILES string of the molecule is O=C(O)C1(c2cc3c(cc2CF)OCO3)CC1. The Hall–Kier alpha value is -1.78. The summed E-state index contributed by atoms with van der Waals surface area (Å²) in [7, 11) is 0. The first-order valence-corrected chi connectivity index (χ1v) is 5.40. The number of carboxylic acids is 1. The maximum atomic E-state index is 13.0. The Kier molecular flexibility index (Phi) is 2.05. The molecule has 3 rings (SSSR count). The van der Waals surface area contributed by atoms with Crippen molar-refractivity contribution >= 4 is 5.97 Å². The smallest absolute Gasteiger partial charge is 0.314 e. The standard InChI is InChI=1S/C12H11FO4/c13-5-7-3-9-10(17-6-16-9)4-8(7)12(1-2-12)11(14)15/h3-4H,1-2,5-6H2,(H,14,15). The number of carboxylic acid groups (broad SMARTS) is 1. The molecule has 2 aliphatic rings. The predicted octanol–water partition coefficient (Wildman–Crippen LogP) is 2.00. The summed E-state index contributed by atoms with van der Waals surface area (Å²) < 4.78 is 23.3. The van der Waals surface area contributed by atoms with Gasteiger partial charge in [0.1, 0.15) is 6.67 Å². The zero-order valence-electron chi connectivity index (χ0n) is 9.03. The van der Waals surface area contributed by atoms with Gasteiger partial charge in [0.05, 0.1) is 5.41 Å².